The maximum Gasteiger partial charge on any atom is 0.248 e. The molecule has 0 bridgehead atoms. The first-order valence-corrected chi connectivity index (χ1v) is 6.99. The minimum absolute atomic E-state index is 0.167. The number of aromatic nitrogens is 2. The summed E-state index contributed by atoms with van der Waals surface area (Å²) >= 11 is 0. The summed E-state index contributed by atoms with van der Waals surface area (Å²) in [7, 11) is 0. The second-order valence-corrected chi connectivity index (χ2v) is 4.93. The van der Waals surface area contributed by atoms with Gasteiger partial charge in [-0.05, 0) is 24.3 Å². The number of nitrogens with one attached hydrogen (secondary N) is 1. The van der Waals surface area contributed by atoms with Crippen molar-refractivity contribution < 1.29 is 4.79 Å². The molecule has 2 aromatic carbocycles. The molecule has 0 radical (unpaired) electrons. The molecule has 0 saturated heterocycles. The summed E-state index contributed by atoms with van der Waals surface area (Å²) < 4.78 is 0. The van der Waals surface area contributed by atoms with Gasteiger partial charge in [0.1, 0.15) is 5.82 Å². The third kappa shape index (κ3) is 3.44. The molecule has 0 atom stereocenters. The Morgan fingerprint density at radius 2 is 1.65 bits per heavy atom. The molecule has 5 N–H and O–H groups in total. The number of nitrogens with zero attached hydrogens (tertiary/aromatic N) is 2. The summed E-state index contributed by atoms with van der Waals surface area (Å²) in [5.74, 6) is 0.294. The Morgan fingerprint density at radius 3 is 2.30 bits per heavy atom. The molecule has 0 aliphatic heterocycles. The zero-order valence-electron chi connectivity index (χ0n) is 12.2. The highest BCUT2D eigenvalue weighted by molar-refractivity contribution is 5.93. The minimum atomic E-state index is -0.467. The Hall–Kier alpha value is -3.41. The average molecular weight is 305 g/mol. The number of anilines is 3. The first-order chi connectivity index (χ1) is 11.1. The summed E-state index contributed by atoms with van der Waals surface area (Å²) in [5, 5.41) is 3.18. The van der Waals surface area contributed by atoms with Crippen molar-refractivity contribution in [3.8, 4) is 11.3 Å². The number of benzene rings is 2. The molecular formula is C17H15N5O. The number of primary amides is 1. The van der Waals surface area contributed by atoms with E-state index in [1.165, 1.54) is 0 Å². The molecule has 3 aromatic rings. The van der Waals surface area contributed by atoms with E-state index < -0.39 is 5.91 Å². The second kappa shape index (κ2) is 6.15. The zero-order chi connectivity index (χ0) is 16.2. The minimum Gasteiger partial charge on any atom is -0.368 e. The fourth-order valence-electron chi connectivity index (χ4n) is 2.15. The SMILES string of the molecule is NC(=O)c1ccc(-c2cc(Nc3ccccc3)nc(N)n2)cc1. The molecule has 6 heteroatoms. The molecule has 0 aliphatic rings. The first-order valence-electron chi connectivity index (χ1n) is 6.99. The number of nitrogens with two attached hydrogens (primary N) is 2. The van der Waals surface area contributed by atoms with Gasteiger partial charge in [-0.2, -0.15) is 4.98 Å². The second-order valence-electron chi connectivity index (χ2n) is 4.93. The predicted molar refractivity (Wildman–Crippen MR) is 90.1 cm³/mol. The van der Waals surface area contributed by atoms with Crippen molar-refractivity contribution in [1.29, 1.82) is 0 Å². The van der Waals surface area contributed by atoms with Gasteiger partial charge in [-0.25, -0.2) is 4.98 Å². The van der Waals surface area contributed by atoms with Crippen LogP contribution in [0.25, 0.3) is 11.3 Å². The van der Waals surface area contributed by atoms with Crippen molar-refractivity contribution in [3.05, 3.63) is 66.2 Å². The van der Waals surface area contributed by atoms with Crippen molar-refractivity contribution in [1.82, 2.24) is 9.97 Å². The van der Waals surface area contributed by atoms with Crippen LogP contribution in [-0.2, 0) is 0 Å². The molecule has 0 fully saturated rings. The molecule has 1 heterocycles. The fraction of sp³-hybridized carbons (Fsp3) is 0. The van der Waals surface area contributed by atoms with Gasteiger partial charge in [0.25, 0.3) is 0 Å². The smallest absolute Gasteiger partial charge is 0.248 e. The summed E-state index contributed by atoms with van der Waals surface area (Å²) in [6.45, 7) is 0. The summed E-state index contributed by atoms with van der Waals surface area (Å²) in [5.41, 5.74) is 13.9. The largest absolute Gasteiger partial charge is 0.368 e. The van der Waals surface area contributed by atoms with Gasteiger partial charge in [0.05, 0.1) is 5.69 Å². The topological polar surface area (TPSA) is 107 Å². The van der Waals surface area contributed by atoms with E-state index in [9.17, 15) is 4.79 Å². The summed E-state index contributed by atoms with van der Waals surface area (Å²) in [6, 6.07) is 18.3. The quantitative estimate of drug-likeness (QED) is 0.686. The molecule has 6 nitrogen and oxygen atoms in total. The van der Waals surface area contributed by atoms with Crippen molar-refractivity contribution in [2.45, 2.75) is 0 Å². The van der Waals surface area contributed by atoms with E-state index in [2.05, 4.69) is 15.3 Å². The van der Waals surface area contributed by atoms with E-state index in [4.69, 9.17) is 11.5 Å². The van der Waals surface area contributed by atoms with Crippen molar-refractivity contribution >= 4 is 23.4 Å². The van der Waals surface area contributed by atoms with Gasteiger partial charge >= 0.3 is 0 Å². The molecule has 0 spiro atoms. The first kappa shape index (κ1) is 14.5. The molecule has 3 rings (SSSR count). The number of amides is 1. The zero-order valence-corrected chi connectivity index (χ0v) is 12.2. The van der Waals surface area contributed by atoms with Crippen LogP contribution in [0, 0.1) is 0 Å². The molecule has 0 aliphatic carbocycles. The van der Waals surface area contributed by atoms with Crippen LogP contribution in [0.3, 0.4) is 0 Å². The number of para-hydroxylation sites is 1. The molecule has 1 aromatic heterocycles. The van der Waals surface area contributed by atoms with Crippen LogP contribution in [0.2, 0.25) is 0 Å². The highest BCUT2D eigenvalue weighted by atomic mass is 16.1. The molecule has 0 unspecified atom stereocenters. The summed E-state index contributed by atoms with van der Waals surface area (Å²) in [4.78, 5) is 19.5. The molecule has 114 valence electrons. The lowest BCUT2D eigenvalue weighted by Crippen LogP contribution is -2.10. The van der Waals surface area contributed by atoms with Gasteiger partial charge in [-0.1, -0.05) is 30.3 Å². The van der Waals surface area contributed by atoms with Crippen LogP contribution in [0.1, 0.15) is 10.4 Å². The van der Waals surface area contributed by atoms with Crippen molar-refractivity contribution in [2.24, 2.45) is 5.73 Å². The van der Waals surface area contributed by atoms with Crippen LogP contribution < -0.4 is 16.8 Å². The Labute approximate surface area is 133 Å². The number of hydrogen-bond donors (Lipinski definition) is 3. The van der Waals surface area contributed by atoms with Gasteiger partial charge in [0, 0.05) is 22.9 Å². The average Bonchev–Trinajstić information content (AvgIpc) is 2.55. The predicted octanol–water partition coefficient (Wildman–Crippen LogP) is 2.57. The van der Waals surface area contributed by atoms with E-state index in [0.29, 0.717) is 17.1 Å². The molecule has 0 saturated carbocycles. The number of hydrogen-bond acceptors (Lipinski definition) is 5. The van der Waals surface area contributed by atoms with Crippen LogP contribution in [0.5, 0.6) is 0 Å². The molecule has 23 heavy (non-hydrogen) atoms. The van der Waals surface area contributed by atoms with E-state index in [1.54, 1.807) is 30.3 Å². The third-order valence-electron chi connectivity index (χ3n) is 3.25. The lowest BCUT2D eigenvalue weighted by molar-refractivity contribution is 0.100. The highest BCUT2D eigenvalue weighted by Gasteiger charge is 2.07. The Kier molecular flexibility index (Phi) is 3.88. The Balaban J connectivity index is 1.92. The maximum atomic E-state index is 11.1. The highest BCUT2D eigenvalue weighted by Crippen LogP contribution is 2.23. The lowest BCUT2D eigenvalue weighted by Gasteiger charge is -2.08. The fourth-order valence-corrected chi connectivity index (χ4v) is 2.15. The molecule has 1 amide bonds. The number of nitrogen functional groups attached to an aromatic ring is 1. The number of rotatable bonds is 4. The van der Waals surface area contributed by atoms with Gasteiger partial charge in [0.2, 0.25) is 11.9 Å². The van der Waals surface area contributed by atoms with Crippen LogP contribution >= 0.6 is 0 Å². The van der Waals surface area contributed by atoms with E-state index in [0.717, 1.165) is 11.3 Å². The van der Waals surface area contributed by atoms with Crippen molar-refractivity contribution in [2.75, 3.05) is 11.1 Å². The number of carbonyl (C=O) groups excluding carboxylic acids is 1. The number of carbonyl (C=O) groups is 1. The normalized spacial score (nSPS) is 10.3. The third-order valence-corrected chi connectivity index (χ3v) is 3.25. The summed E-state index contributed by atoms with van der Waals surface area (Å²) in [6.07, 6.45) is 0. The van der Waals surface area contributed by atoms with Crippen LogP contribution in [-0.4, -0.2) is 15.9 Å². The Morgan fingerprint density at radius 1 is 0.957 bits per heavy atom. The standard InChI is InChI=1S/C17H15N5O/c18-16(23)12-8-6-11(7-9-12)14-10-15(22-17(19)21-14)20-13-4-2-1-3-5-13/h1-10H,(H2,18,23)(H3,19,20,21,22). The van der Waals surface area contributed by atoms with Gasteiger partial charge in [-0.3, -0.25) is 4.79 Å². The van der Waals surface area contributed by atoms with E-state index in [-0.39, 0.29) is 5.95 Å². The van der Waals surface area contributed by atoms with Gasteiger partial charge in [0.15, 0.2) is 0 Å². The van der Waals surface area contributed by atoms with Crippen molar-refractivity contribution in [3.63, 3.8) is 0 Å². The van der Waals surface area contributed by atoms with Crippen LogP contribution in [0.4, 0.5) is 17.5 Å². The van der Waals surface area contributed by atoms with Gasteiger partial charge < -0.3 is 16.8 Å². The molecular weight excluding hydrogens is 290 g/mol. The van der Waals surface area contributed by atoms with E-state index in [1.807, 2.05) is 30.3 Å². The van der Waals surface area contributed by atoms with Gasteiger partial charge in [-0.15, -0.1) is 0 Å². The lowest BCUT2D eigenvalue weighted by atomic mass is 10.1. The maximum absolute atomic E-state index is 11.1. The monoisotopic (exact) mass is 305 g/mol. The Bertz CT molecular complexity index is 831. The van der Waals surface area contributed by atoms with Crippen LogP contribution in [0.15, 0.2) is 60.7 Å². The van der Waals surface area contributed by atoms with E-state index >= 15 is 0 Å².